The monoisotopic (exact) mass is 413 g/mol. The van der Waals surface area contributed by atoms with Crippen LogP contribution in [0.25, 0.3) is 0 Å². The Balaban J connectivity index is 1.89. The summed E-state index contributed by atoms with van der Waals surface area (Å²) in [6, 6.07) is 6.57. The third-order valence-corrected chi connectivity index (χ3v) is 4.35. The second-order valence-electron chi connectivity index (χ2n) is 6.65. The van der Waals surface area contributed by atoms with E-state index in [1.165, 1.54) is 12.1 Å². The number of ether oxygens (including phenoxy) is 1. The van der Waals surface area contributed by atoms with Gasteiger partial charge in [-0.2, -0.15) is 13.9 Å². The molecule has 0 aliphatic carbocycles. The maximum Gasteiger partial charge on any atom is 0.387 e. The molecule has 1 aromatic carbocycles. The van der Waals surface area contributed by atoms with Gasteiger partial charge < -0.3 is 15.4 Å². The zero-order valence-electron chi connectivity index (χ0n) is 16.5. The Morgan fingerprint density at radius 1 is 1.29 bits per heavy atom. The molecule has 1 aromatic heterocycles. The molecule has 6 nitrogen and oxygen atoms in total. The Hall–Kier alpha value is -2.35. The van der Waals surface area contributed by atoms with Crippen LogP contribution in [0, 0.1) is 19.8 Å². The van der Waals surface area contributed by atoms with Crippen molar-refractivity contribution in [1.82, 2.24) is 20.4 Å². The van der Waals surface area contributed by atoms with Gasteiger partial charge in [0, 0.05) is 43.0 Å². The summed E-state index contributed by atoms with van der Waals surface area (Å²) < 4.78 is 31.7. The lowest BCUT2D eigenvalue weighted by molar-refractivity contribution is -0.0504. The minimum absolute atomic E-state index is 0.0836. The van der Waals surface area contributed by atoms with E-state index in [9.17, 15) is 8.78 Å². The van der Waals surface area contributed by atoms with Gasteiger partial charge in [-0.25, -0.2) is 0 Å². The van der Waals surface area contributed by atoms with Crippen molar-refractivity contribution in [2.24, 2.45) is 10.9 Å². The number of alkyl halides is 2. The third-order valence-electron chi connectivity index (χ3n) is 4.11. The molecule has 2 N–H and O–H groups in total. The van der Waals surface area contributed by atoms with Crippen molar-refractivity contribution in [2.75, 3.05) is 13.6 Å². The first-order chi connectivity index (χ1) is 13.3. The van der Waals surface area contributed by atoms with Crippen LogP contribution < -0.4 is 15.4 Å². The number of benzene rings is 1. The number of hydrogen-bond acceptors (Lipinski definition) is 3. The molecule has 1 atom stereocenters. The summed E-state index contributed by atoms with van der Waals surface area (Å²) in [7, 11) is 1.65. The molecule has 0 amide bonds. The van der Waals surface area contributed by atoms with Gasteiger partial charge >= 0.3 is 6.61 Å². The Morgan fingerprint density at radius 2 is 2.04 bits per heavy atom. The molecule has 0 saturated heterocycles. The Bertz CT molecular complexity index is 810. The number of nitrogens with one attached hydrogen (secondary N) is 2. The quantitative estimate of drug-likeness (QED) is 0.511. The zero-order chi connectivity index (χ0) is 20.7. The maximum absolute atomic E-state index is 12.6. The van der Waals surface area contributed by atoms with E-state index in [0.717, 1.165) is 17.9 Å². The number of rotatable bonds is 8. The molecule has 0 spiro atoms. The Kier molecular flexibility index (Phi) is 8.04. The maximum atomic E-state index is 12.6. The highest BCUT2D eigenvalue weighted by Gasteiger charge is 2.12. The van der Waals surface area contributed by atoms with Crippen LogP contribution in [0.2, 0.25) is 5.02 Å². The van der Waals surface area contributed by atoms with E-state index in [1.807, 2.05) is 24.6 Å². The average molecular weight is 414 g/mol. The molecule has 0 fully saturated rings. The fourth-order valence-corrected chi connectivity index (χ4v) is 2.98. The topological polar surface area (TPSA) is 63.5 Å². The Labute approximate surface area is 168 Å². The number of aliphatic imine (C=N–C) groups is 1. The highest BCUT2D eigenvalue weighted by Crippen LogP contribution is 2.24. The fourth-order valence-electron chi connectivity index (χ4n) is 2.79. The van der Waals surface area contributed by atoms with E-state index < -0.39 is 6.61 Å². The normalized spacial score (nSPS) is 12.9. The minimum Gasteiger partial charge on any atom is -0.434 e. The Morgan fingerprint density at radius 3 is 2.64 bits per heavy atom. The van der Waals surface area contributed by atoms with E-state index in [0.29, 0.717) is 29.0 Å². The molecule has 154 valence electrons. The van der Waals surface area contributed by atoms with Crippen LogP contribution in [0.4, 0.5) is 8.78 Å². The minimum atomic E-state index is -2.90. The standard InChI is InChI=1S/C19H26ClF2N5O/c1-12(11-27-14(3)7-13(2)26-27)9-24-19(23-4)25-10-15-8-16(20)5-6-17(15)28-18(21)22/h5-8,12,18H,9-11H2,1-4H3,(H2,23,24,25). The number of nitrogens with zero attached hydrogens (tertiary/aromatic N) is 3. The van der Waals surface area contributed by atoms with Crippen LogP contribution in [-0.4, -0.2) is 35.9 Å². The van der Waals surface area contributed by atoms with Gasteiger partial charge in [0.05, 0.1) is 5.69 Å². The van der Waals surface area contributed by atoms with Crippen LogP contribution >= 0.6 is 11.6 Å². The summed E-state index contributed by atoms with van der Waals surface area (Å²) in [4.78, 5) is 4.17. The van der Waals surface area contributed by atoms with Crippen molar-refractivity contribution in [3.8, 4) is 5.75 Å². The number of hydrogen-bond donors (Lipinski definition) is 2. The van der Waals surface area contributed by atoms with E-state index in [2.05, 4.69) is 32.4 Å². The smallest absolute Gasteiger partial charge is 0.387 e. The van der Waals surface area contributed by atoms with E-state index in [1.54, 1.807) is 13.1 Å². The van der Waals surface area contributed by atoms with Gasteiger partial charge in [-0.1, -0.05) is 18.5 Å². The SMILES string of the molecule is CN=C(NCc1cc(Cl)ccc1OC(F)F)NCC(C)Cn1nc(C)cc1C. The second-order valence-corrected chi connectivity index (χ2v) is 7.09. The molecular formula is C19H26ClF2N5O. The number of guanidine groups is 1. The lowest BCUT2D eigenvalue weighted by atomic mass is 10.2. The van der Waals surface area contributed by atoms with Crippen LogP contribution in [0.5, 0.6) is 5.75 Å². The molecule has 2 aromatic rings. The van der Waals surface area contributed by atoms with Gasteiger partial charge in [0.1, 0.15) is 5.75 Å². The van der Waals surface area contributed by atoms with Crippen molar-refractivity contribution < 1.29 is 13.5 Å². The van der Waals surface area contributed by atoms with Crippen LogP contribution in [0.1, 0.15) is 23.9 Å². The predicted molar refractivity (Wildman–Crippen MR) is 107 cm³/mol. The first kappa shape index (κ1) is 21.9. The van der Waals surface area contributed by atoms with Crippen LogP contribution in [0.15, 0.2) is 29.3 Å². The summed E-state index contributed by atoms with van der Waals surface area (Å²) in [6.07, 6.45) is 0. The summed E-state index contributed by atoms with van der Waals surface area (Å²) in [5.41, 5.74) is 2.64. The van der Waals surface area contributed by atoms with Crippen molar-refractivity contribution >= 4 is 17.6 Å². The summed E-state index contributed by atoms with van der Waals surface area (Å²) in [5.74, 6) is 0.948. The van der Waals surface area contributed by atoms with Gasteiger partial charge in [0.2, 0.25) is 0 Å². The summed E-state index contributed by atoms with van der Waals surface area (Å²) >= 11 is 5.97. The number of halogens is 3. The lowest BCUT2D eigenvalue weighted by Crippen LogP contribution is -2.39. The molecule has 1 unspecified atom stereocenters. The summed E-state index contributed by atoms with van der Waals surface area (Å²) in [5, 5.41) is 11.2. The van der Waals surface area contributed by atoms with E-state index in [-0.39, 0.29) is 12.3 Å². The second kappa shape index (κ2) is 10.3. The molecule has 0 saturated carbocycles. The van der Waals surface area contributed by atoms with E-state index >= 15 is 0 Å². The molecule has 9 heteroatoms. The molecule has 0 bridgehead atoms. The van der Waals surface area contributed by atoms with Gasteiger partial charge in [-0.15, -0.1) is 0 Å². The van der Waals surface area contributed by atoms with Crippen LogP contribution in [0.3, 0.4) is 0 Å². The van der Waals surface area contributed by atoms with Gasteiger partial charge in [-0.3, -0.25) is 9.67 Å². The first-order valence-corrected chi connectivity index (χ1v) is 9.35. The first-order valence-electron chi connectivity index (χ1n) is 8.97. The highest BCUT2D eigenvalue weighted by atomic mass is 35.5. The average Bonchev–Trinajstić information content (AvgIpc) is 2.93. The zero-order valence-corrected chi connectivity index (χ0v) is 17.2. The molecule has 0 aliphatic heterocycles. The molecule has 1 heterocycles. The van der Waals surface area contributed by atoms with Crippen molar-refractivity contribution in [3.63, 3.8) is 0 Å². The van der Waals surface area contributed by atoms with Crippen molar-refractivity contribution in [3.05, 3.63) is 46.2 Å². The van der Waals surface area contributed by atoms with E-state index in [4.69, 9.17) is 11.6 Å². The number of aryl methyl sites for hydroxylation is 2. The predicted octanol–water partition coefficient (Wildman–Crippen LogP) is 3.76. The molecule has 0 aliphatic rings. The largest absolute Gasteiger partial charge is 0.434 e. The van der Waals surface area contributed by atoms with Crippen LogP contribution in [-0.2, 0) is 13.1 Å². The van der Waals surface area contributed by atoms with Crippen molar-refractivity contribution in [1.29, 1.82) is 0 Å². The number of aromatic nitrogens is 2. The van der Waals surface area contributed by atoms with Gasteiger partial charge in [-0.05, 0) is 44.0 Å². The lowest BCUT2D eigenvalue weighted by Gasteiger charge is -2.18. The molecular weight excluding hydrogens is 388 g/mol. The molecule has 2 rings (SSSR count). The van der Waals surface area contributed by atoms with Crippen molar-refractivity contribution in [2.45, 2.75) is 40.5 Å². The van der Waals surface area contributed by atoms with Gasteiger partial charge in [0.25, 0.3) is 0 Å². The fraction of sp³-hybridized carbons (Fsp3) is 0.474. The highest BCUT2D eigenvalue weighted by molar-refractivity contribution is 6.30. The van der Waals surface area contributed by atoms with Gasteiger partial charge in [0.15, 0.2) is 5.96 Å². The molecule has 28 heavy (non-hydrogen) atoms. The third kappa shape index (κ3) is 6.67. The summed E-state index contributed by atoms with van der Waals surface area (Å²) in [6.45, 7) is 4.92. The molecule has 0 radical (unpaired) electrons.